The van der Waals surface area contributed by atoms with Crippen molar-refractivity contribution in [3.05, 3.63) is 32.0 Å². The van der Waals surface area contributed by atoms with Crippen LogP contribution in [0.15, 0.2) is 11.7 Å². The number of hydrogen-bond acceptors (Lipinski definition) is 1. The van der Waals surface area contributed by atoms with Crippen LogP contribution in [-0.2, 0) is 5.67 Å². The van der Waals surface area contributed by atoms with Gasteiger partial charge in [-0.25, -0.2) is 17.6 Å². The smallest absolute Gasteiger partial charge is 0.235 e. The van der Waals surface area contributed by atoms with Gasteiger partial charge in [0.2, 0.25) is 11.5 Å². The molecule has 1 aliphatic carbocycles. The van der Waals surface area contributed by atoms with Crippen molar-refractivity contribution in [1.29, 1.82) is 0 Å². The van der Waals surface area contributed by atoms with Gasteiger partial charge in [-0.2, -0.15) is 8.78 Å². The highest BCUT2D eigenvalue weighted by molar-refractivity contribution is 7.16. The van der Waals surface area contributed by atoms with E-state index in [4.69, 9.17) is 11.6 Å². The van der Waals surface area contributed by atoms with Gasteiger partial charge >= 0.3 is 5.92 Å². The molecular weight excluding hydrogens is 314 g/mol. The molecule has 0 saturated carbocycles. The van der Waals surface area contributed by atoms with Crippen molar-refractivity contribution < 1.29 is 26.3 Å². The Morgan fingerprint density at radius 1 is 1.16 bits per heavy atom. The highest BCUT2D eigenvalue weighted by Crippen LogP contribution is 2.60. The molecule has 1 aromatic heterocycles. The van der Waals surface area contributed by atoms with Gasteiger partial charge in [-0.05, 0) is 19.4 Å². The average molecular weight is 321 g/mol. The van der Waals surface area contributed by atoms with E-state index < -0.39 is 35.0 Å². The minimum absolute atomic E-state index is 0.0276. The van der Waals surface area contributed by atoms with Gasteiger partial charge in [-0.3, -0.25) is 0 Å². The molecular formula is C11H7ClF6S. The van der Waals surface area contributed by atoms with Crippen molar-refractivity contribution in [3.8, 4) is 0 Å². The summed E-state index contributed by atoms with van der Waals surface area (Å²) in [5, 5.41) is 0. The first-order valence-corrected chi connectivity index (χ1v) is 6.28. The molecule has 0 aromatic carbocycles. The molecule has 19 heavy (non-hydrogen) atoms. The molecule has 0 fully saturated rings. The third-order valence-electron chi connectivity index (χ3n) is 3.14. The number of hydrogen-bond donors (Lipinski definition) is 0. The number of alkyl halides is 4. The van der Waals surface area contributed by atoms with Crippen LogP contribution >= 0.6 is 22.9 Å². The summed E-state index contributed by atoms with van der Waals surface area (Å²) in [5.41, 5.74) is -5.04. The standard InChI is InChI=1S/C11H7ClF6S/c1-3-5(4(2)19-9(3)12)10(16)7(14)6(13)8(15)11(10,17)18/h7H,1-2H3. The predicted molar refractivity (Wildman–Crippen MR) is 60.7 cm³/mol. The molecule has 0 bridgehead atoms. The number of aryl methyl sites for hydroxylation is 1. The largest absolute Gasteiger partial charge is 0.342 e. The molecule has 0 aliphatic heterocycles. The summed E-state index contributed by atoms with van der Waals surface area (Å²) in [6.07, 6.45) is -3.40. The van der Waals surface area contributed by atoms with Crippen LogP contribution in [0, 0.1) is 13.8 Å². The fraction of sp³-hybridized carbons (Fsp3) is 0.455. The van der Waals surface area contributed by atoms with E-state index >= 15 is 0 Å². The van der Waals surface area contributed by atoms with Gasteiger partial charge in [0.15, 0.2) is 12.0 Å². The zero-order valence-corrected chi connectivity index (χ0v) is 11.2. The van der Waals surface area contributed by atoms with Crippen molar-refractivity contribution in [2.45, 2.75) is 31.6 Å². The maximum atomic E-state index is 14.6. The highest BCUT2D eigenvalue weighted by atomic mass is 35.5. The zero-order chi connectivity index (χ0) is 14.7. The molecule has 0 N–H and O–H groups in total. The van der Waals surface area contributed by atoms with Gasteiger partial charge in [0, 0.05) is 10.4 Å². The second kappa shape index (κ2) is 4.15. The molecule has 1 aliphatic rings. The fourth-order valence-corrected chi connectivity index (χ4v) is 3.56. The zero-order valence-electron chi connectivity index (χ0n) is 9.63. The van der Waals surface area contributed by atoms with Crippen molar-refractivity contribution in [1.82, 2.24) is 0 Å². The number of thiophene rings is 1. The summed E-state index contributed by atoms with van der Waals surface area (Å²) >= 11 is 6.42. The molecule has 1 aromatic rings. The molecule has 0 spiro atoms. The van der Waals surface area contributed by atoms with Crippen molar-refractivity contribution in [2.24, 2.45) is 0 Å². The van der Waals surface area contributed by atoms with E-state index in [1.807, 2.05) is 0 Å². The van der Waals surface area contributed by atoms with E-state index in [-0.39, 0.29) is 14.8 Å². The number of rotatable bonds is 1. The second-order valence-corrected chi connectivity index (χ2v) is 6.07. The normalized spacial score (nSPS) is 30.3. The first kappa shape index (κ1) is 14.7. The lowest BCUT2D eigenvalue weighted by Crippen LogP contribution is -2.45. The van der Waals surface area contributed by atoms with Gasteiger partial charge < -0.3 is 0 Å². The van der Waals surface area contributed by atoms with Crippen LogP contribution in [0.5, 0.6) is 0 Å². The van der Waals surface area contributed by atoms with Crippen LogP contribution in [0.25, 0.3) is 0 Å². The molecule has 0 nitrogen and oxygen atoms in total. The molecule has 1 heterocycles. The summed E-state index contributed by atoms with van der Waals surface area (Å²) in [6, 6.07) is 0. The highest BCUT2D eigenvalue weighted by Gasteiger charge is 2.73. The SMILES string of the molecule is Cc1sc(Cl)c(C)c1C1(F)C(F)C(F)=C(F)C1(F)F. The third kappa shape index (κ3) is 1.60. The minimum Gasteiger partial charge on any atom is -0.235 e. The van der Waals surface area contributed by atoms with Gasteiger partial charge in [0.05, 0.1) is 4.34 Å². The molecule has 106 valence electrons. The Hall–Kier alpha value is -0.690. The van der Waals surface area contributed by atoms with E-state index in [1.165, 1.54) is 13.8 Å². The molecule has 0 saturated heterocycles. The number of allylic oxidation sites excluding steroid dienone is 2. The lowest BCUT2D eigenvalue weighted by Gasteiger charge is -2.29. The van der Waals surface area contributed by atoms with Gasteiger partial charge in [0.25, 0.3) is 0 Å². The molecule has 0 amide bonds. The summed E-state index contributed by atoms with van der Waals surface area (Å²) in [6.45, 7) is 2.43. The Kier molecular flexibility index (Phi) is 3.21. The third-order valence-corrected chi connectivity index (χ3v) is 4.65. The van der Waals surface area contributed by atoms with Crippen molar-refractivity contribution in [2.75, 3.05) is 0 Å². The van der Waals surface area contributed by atoms with Crippen LogP contribution < -0.4 is 0 Å². The average Bonchev–Trinajstić information content (AvgIpc) is 2.63. The molecule has 2 unspecified atom stereocenters. The molecule has 0 radical (unpaired) electrons. The van der Waals surface area contributed by atoms with Crippen LogP contribution in [0.3, 0.4) is 0 Å². The van der Waals surface area contributed by atoms with Gasteiger partial charge in [0.1, 0.15) is 0 Å². The first-order chi connectivity index (χ1) is 8.56. The van der Waals surface area contributed by atoms with E-state index in [1.54, 1.807) is 0 Å². The first-order valence-electron chi connectivity index (χ1n) is 5.09. The fourth-order valence-electron chi connectivity index (χ4n) is 2.19. The molecule has 8 heteroatoms. The Morgan fingerprint density at radius 2 is 1.68 bits per heavy atom. The quantitative estimate of drug-likeness (QED) is 0.614. The Balaban J connectivity index is 2.74. The molecule has 2 atom stereocenters. The van der Waals surface area contributed by atoms with E-state index in [9.17, 15) is 26.3 Å². The van der Waals surface area contributed by atoms with Crippen LogP contribution in [0.1, 0.15) is 16.0 Å². The summed E-state index contributed by atoms with van der Waals surface area (Å²) in [4.78, 5) is -0.0465. The topological polar surface area (TPSA) is 0 Å². The maximum Gasteiger partial charge on any atom is 0.342 e. The summed E-state index contributed by atoms with van der Waals surface area (Å²) < 4.78 is 81.4. The predicted octanol–water partition coefficient (Wildman–Crippen LogP) is 5.32. The van der Waals surface area contributed by atoms with E-state index in [0.717, 1.165) is 11.3 Å². The number of halogens is 7. The lowest BCUT2D eigenvalue weighted by atomic mass is 9.87. The lowest BCUT2D eigenvalue weighted by molar-refractivity contribution is -0.137. The van der Waals surface area contributed by atoms with Crippen molar-refractivity contribution in [3.63, 3.8) is 0 Å². The van der Waals surface area contributed by atoms with Gasteiger partial charge in [-0.1, -0.05) is 11.6 Å². The molecule has 2 rings (SSSR count). The summed E-state index contributed by atoms with van der Waals surface area (Å²) in [7, 11) is 0. The maximum absolute atomic E-state index is 14.6. The Labute approximate surface area is 113 Å². The van der Waals surface area contributed by atoms with Crippen LogP contribution in [0.2, 0.25) is 4.34 Å². The van der Waals surface area contributed by atoms with Crippen molar-refractivity contribution >= 4 is 22.9 Å². The summed E-state index contributed by atoms with van der Waals surface area (Å²) in [5.74, 6) is -10.0. The Morgan fingerprint density at radius 3 is 2.00 bits per heavy atom. The van der Waals surface area contributed by atoms with Crippen LogP contribution in [0.4, 0.5) is 26.3 Å². The monoisotopic (exact) mass is 320 g/mol. The van der Waals surface area contributed by atoms with Gasteiger partial charge in [-0.15, -0.1) is 11.3 Å². The Bertz CT molecular complexity index is 578. The van der Waals surface area contributed by atoms with E-state index in [0.29, 0.717) is 0 Å². The van der Waals surface area contributed by atoms with E-state index in [2.05, 4.69) is 0 Å². The van der Waals surface area contributed by atoms with Crippen LogP contribution in [-0.4, -0.2) is 12.1 Å². The minimum atomic E-state index is -4.91. The second-order valence-electron chi connectivity index (χ2n) is 4.24.